The van der Waals surface area contributed by atoms with E-state index in [0.29, 0.717) is 18.3 Å². The lowest BCUT2D eigenvalue weighted by atomic mass is 9.92. The monoisotopic (exact) mass is 370 g/mol. The predicted octanol–water partition coefficient (Wildman–Crippen LogP) is 3.09. The van der Waals surface area contributed by atoms with Crippen molar-refractivity contribution in [3.05, 3.63) is 46.1 Å². The lowest BCUT2D eigenvalue weighted by Crippen LogP contribution is -2.39. The first-order valence-electron chi connectivity index (χ1n) is 9.99. The van der Waals surface area contributed by atoms with Crippen LogP contribution in [-0.2, 0) is 11.2 Å². The number of carbonyl (C=O) groups is 1. The molecule has 1 fully saturated rings. The normalized spacial score (nSPS) is 16.5. The molecule has 2 heterocycles. The number of para-hydroxylation sites is 1. The van der Waals surface area contributed by atoms with Crippen molar-refractivity contribution in [3.8, 4) is 5.69 Å². The van der Waals surface area contributed by atoms with Crippen LogP contribution < -0.4 is 5.69 Å². The van der Waals surface area contributed by atoms with Gasteiger partial charge in [-0.15, -0.1) is 0 Å². The van der Waals surface area contributed by atoms with Crippen molar-refractivity contribution in [2.45, 2.75) is 52.9 Å². The van der Waals surface area contributed by atoms with E-state index in [1.165, 1.54) is 0 Å². The fourth-order valence-electron chi connectivity index (χ4n) is 3.75. The van der Waals surface area contributed by atoms with Crippen molar-refractivity contribution in [2.75, 3.05) is 13.1 Å². The number of aromatic amines is 1. The van der Waals surface area contributed by atoms with Crippen LogP contribution in [0.25, 0.3) is 5.69 Å². The van der Waals surface area contributed by atoms with Crippen LogP contribution in [0.5, 0.6) is 0 Å². The molecule has 1 aliphatic heterocycles. The summed E-state index contributed by atoms with van der Waals surface area (Å²) in [5.74, 6) is 1.94. The van der Waals surface area contributed by atoms with E-state index < -0.39 is 0 Å². The lowest BCUT2D eigenvalue weighted by molar-refractivity contribution is -0.133. The Bertz CT molecular complexity index is 831. The minimum Gasteiger partial charge on any atom is -0.343 e. The van der Waals surface area contributed by atoms with Gasteiger partial charge < -0.3 is 4.90 Å². The molecule has 6 heteroatoms. The molecule has 0 spiro atoms. The summed E-state index contributed by atoms with van der Waals surface area (Å²) >= 11 is 0. The highest BCUT2D eigenvalue weighted by molar-refractivity contribution is 5.76. The molecule has 27 heavy (non-hydrogen) atoms. The molecule has 1 saturated heterocycles. The van der Waals surface area contributed by atoms with Crippen LogP contribution in [0.4, 0.5) is 0 Å². The Labute approximate surface area is 160 Å². The summed E-state index contributed by atoms with van der Waals surface area (Å²) in [5.41, 5.74) is 1.74. The maximum absolute atomic E-state index is 12.4. The molecule has 146 valence electrons. The minimum atomic E-state index is -0.194. The number of rotatable bonds is 6. The number of amides is 1. The summed E-state index contributed by atoms with van der Waals surface area (Å²) in [6.45, 7) is 7.87. The van der Waals surface area contributed by atoms with Gasteiger partial charge in [-0.05, 0) is 43.2 Å². The van der Waals surface area contributed by atoms with Gasteiger partial charge in [-0.2, -0.15) is 5.10 Å². The van der Waals surface area contributed by atoms with Crippen molar-refractivity contribution in [1.82, 2.24) is 19.7 Å². The van der Waals surface area contributed by atoms with Crippen molar-refractivity contribution in [1.29, 1.82) is 0 Å². The molecular weight excluding hydrogens is 340 g/mol. The molecular formula is C21H30N4O2. The number of nitrogens with zero attached hydrogens (tertiary/aromatic N) is 3. The molecule has 6 nitrogen and oxygen atoms in total. The van der Waals surface area contributed by atoms with E-state index in [4.69, 9.17) is 0 Å². The Morgan fingerprint density at radius 3 is 2.67 bits per heavy atom. The Morgan fingerprint density at radius 1 is 1.30 bits per heavy atom. The molecule has 0 radical (unpaired) electrons. The Morgan fingerprint density at radius 2 is 2.00 bits per heavy atom. The largest absolute Gasteiger partial charge is 0.347 e. The summed E-state index contributed by atoms with van der Waals surface area (Å²) in [5, 5.41) is 6.88. The SMILES string of the molecule is CCC(C)CC(=O)N1CCC(Cc2n[nH]c(=O)n2-c2ccccc2C)CC1. The van der Waals surface area contributed by atoms with E-state index >= 15 is 0 Å². The number of carbonyl (C=O) groups excluding carboxylic acids is 1. The van der Waals surface area contributed by atoms with Crippen LogP contribution in [0.2, 0.25) is 0 Å². The van der Waals surface area contributed by atoms with Gasteiger partial charge in [-0.25, -0.2) is 14.5 Å². The molecule has 1 amide bonds. The smallest absolute Gasteiger partial charge is 0.343 e. The Balaban J connectivity index is 1.65. The molecule has 1 aromatic heterocycles. The molecule has 2 aromatic rings. The third-order valence-electron chi connectivity index (χ3n) is 5.76. The highest BCUT2D eigenvalue weighted by atomic mass is 16.2. The molecule has 1 aliphatic rings. The van der Waals surface area contributed by atoms with E-state index in [0.717, 1.165) is 55.8 Å². The lowest BCUT2D eigenvalue weighted by Gasteiger charge is -2.32. The van der Waals surface area contributed by atoms with Gasteiger partial charge in [0.1, 0.15) is 5.82 Å². The number of piperidine rings is 1. The number of hydrogen-bond acceptors (Lipinski definition) is 3. The molecule has 0 bridgehead atoms. The quantitative estimate of drug-likeness (QED) is 0.849. The topological polar surface area (TPSA) is 71.0 Å². The highest BCUT2D eigenvalue weighted by Crippen LogP contribution is 2.23. The maximum atomic E-state index is 12.4. The second-order valence-corrected chi connectivity index (χ2v) is 7.81. The zero-order valence-corrected chi connectivity index (χ0v) is 16.6. The average Bonchev–Trinajstić information content (AvgIpc) is 3.02. The van der Waals surface area contributed by atoms with Crippen molar-refractivity contribution in [3.63, 3.8) is 0 Å². The van der Waals surface area contributed by atoms with Crippen LogP contribution in [0.15, 0.2) is 29.1 Å². The van der Waals surface area contributed by atoms with Gasteiger partial charge >= 0.3 is 5.69 Å². The van der Waals surface area contributed by atoms with Crippen LogP contribution in [-0.4, -0.2) is 38.7 Å². The average molecular weight is 370 g/mol. The second-order valence-electron chi connectivity index (χ2n) is 7.81. The van der Waals surface area contributed by atoms with Gasteiger partial charge in [0.15, 0.2) is 0 Å². The molecule has 3 rings (SSSR count). The third-order valence-corrected chi connectivity index (χ3v) is 5.76. The number of H-pyrrole nitrogens is 1. The molecule has 0 aliphatic carbocycles. The molecule has 1 atom stereocenters. The third kappa shape index (κ3) is 4.49. The molecule has 1 unspecified atom stereocenters. The first kappa shape index (κ1) is 19.4. The zero-order chi connectivity index (χ0) is 19.4. The Kier molecular flexibility index (Phi) is 6.14. The standard InChI is InChI=1S/C21H30N4O2/c1-4-15(2)13-20(26)24-11-9-17(10-12-24)14-19-22-23-21(27)25(19)18-8-6-5-7-16(18)3/h5-8,15,17H,4,9-14H2,1-3H3,(H,23,27). The van der Waals surface area contributed by atoms with Crippen LogP contribution in [0.3, 0.4) is 0 Å². The van der Waals surface area contributed by atoms with Crippen molar-refractivity contribution >= 4 is 5.91 Å². The number of benzene rings is 1. The van der Waals surface area contributed by atoms with Gasteiger partial charge in [-0.1, -0.05) is 38.5 Å². The molecule has 1 N–H and O–H groups in total. The number of likely N-dealkylation sites (tertiary alicyclic amines) is 1. The number of hydrogen-bond donors (Lipinski definition) is 1. The Hall–Kier alpha value is -2.37. The van der Waals surface area contributed by atoms with E-state index in [2.05, 4.69) is 24.0 Å². The van der Waals surface area contributed by atoms with E-state index in [1.54, 1.807) is 4.57 Å². The summed E-state index contributed by atoms with van der Waals surface area (Å²) < 4.78 is 1.69. The molecule has 1 aromatic carbocycles. The summed E-state index contributed by atoms with van der Waals surface area (Å²) in [6, 6.07) is 7.86. The number of nitrogens with one attached hydrogen (secondary N) is 1. The fraction of sp³-hybridized carbons (Fsp3) is 0.571. The fourth-order valence-corrected chi connectivity index (χ4v) is 3.75. The first-order chi connectivity index (χ1) is 13.0. The van der Waals surface area contributed by atoms with Gasteiger partial charge in [0.05, 0.1) is 5.69 Å². The predicted molar refractivity (Wildman–Crippen MR) is 106 cm³/mol. The summed E-state index contributed by atoms with van der Waals surface area (Å²) in [6.07, 6.45) is 4.35. The van der Waals surface area contributed by atoms with Crippen LogP contribution >= 0.6 is 0 Å². The minimum absolute atomic E-state index is 0.194. The highest BCUT2D eigenvalue weighted by Gasteiger charge is 2.25. The van der Waals surface area contributed by atoms with Gasteiger partial charge in [-0.3, -0.25) is 4.79 Å². The summed E-state index contributed by atoms with van der Waals surface area (Å²) in [4.78, 5) is 26.7. The second kappa shape index (κ2) is 8.55. The van der Waals surface area contributed by atoms with Crippen LogP contribution in [0.1, 0.15) is 50.9 Å². The van der Waals surface area contributed by atoms with E-state index in [-0.39, 0.29) is 11.6 Å². The number of aromatic nitrogens is 3. The zero-order valence-electron chi connectivity index (χ0n) is 16.6. The van der Waals surface area contributed by atoms with Crippen molar-refractivity contribution < 1.29 is 4.79 Å². The summed E-state index contributed by atoms with van der Waals surface area (Å²) in [7, 11) is 0. The number of aryl methyl sites for hydroxylation is 1. The molecule has 0 saturated carbocycles. The van der Waals surface area contributed by atoms with E-state index in [1.807, 2.05) is 36.1 Å². The van der Waals surface area contributed by atoms with Gasteiger partial charge in [0, 0.05) is 25.9 Å². The van der Waals surface area contributed by atoms with Crippen molar-refractivity contribution in [2.24, 2.45) is 11.8 Å². The van der Waals surface area contributed by atoms with Crippen LogP contribution in [0, 0.1) is 18.8 Å². The van der Waals surface area contributed by atoms with Gasteiger partial charge in [0.2, 0.25) is 5.91 Å². The van der Waals surface area contributed by atoms with E-state index in [9.17, 15) is 9.59 Å². The first-order valence-corrected chi connectivity index (χ1v) is 9.99. The maximum Gasteiger partial charge on any atom is 0.347 e. The van der Waals surface area contributed by atoms with Gasteiger partial charge in [0.25, 0.3) is 0 Å².